The molecule has 0 spiro atoms. The van der Waals surface area contributed by atoms with Gasteiger partial charge in [0.05, 0.1) is 6.54 Å². The molecule has 0 fully saturated rings. The maximum Gasteiger partial charge on any atom is 0.251 e. The summed E-state index contributed by atoms with van der Waals surface area (Å²) in [6.45, 7) is 0.351. The van der Waals surface area contributed by atoms with Gasteiger partial charge in [-0.2, -0.15) is 0 Å². The number of halogens is 5. The van der Waals surface area contributed by atoms with Crippen LogP contribution in [0.2, 0.25) is 0 Å². The molecule has 1 aromatic carbocycles. The van der Waals surface area contributed by atoms with E-state index in [1.165, 1.54) is 17.0 Å². The minimum absolute atomic E-state index is 0.283. The van der Waals surface area contributed by atoms with E-state index >= 15 is 0 Å². The average Bonchev–Trinajstić information content (AvgIpc) is 2.21. The van der Waals surface area contributed by atoms with Gasteiger partial charge >= 0.3 is 0 Å². The summed E-state index contributed by atoms with van der Waals surface area (Å²) < 4.78 is 38.1. The maximum atomic E-state index is 12.9. The zero-order chi connectivity index (χ0) is 12.8. The van der Waals surface area contributed by atoms with Crippen molar-refractivity contribution in [2.45, 2.75) is 13.0 Å². The first-order chi connectivity index (χ1) is 8.02. The van der Waals surface area contributed by atoms with E-state index in [-0.39, 0.29) is 18.2 Å². The Balaban J connectivity index is 2.71. The molecule has 0 bridgehead atoms. The molecule has 0 aliphatic heterocycles. The molecule has 1 nitrogen and oxygen atoms in total. The third-order valence-corrected chi connectivity index (χ3v) is 3.11. The van der Waals surface area contributed by atoms with Gasteiger partial charge < -0.3 is 0 Å². The Hall–Kier alpha value is -0.260. The molecule has 6 heteroatoms. The Morgan fingerprint density at radius 1 is 1.35 bits per heavy atom. The van der Waals surface area contributed by atoms with Crippen molar-refractivity contribution < 1.29 is 13.2 Å². The van der Waals surface area contributed by atoms with E-state index in [9.17, 15) is 13.2 Å². The van der Waals surface area contributed by atoms with Crippen LogP contribution in [0.5, 0.6) is 0 Å². The molecule has 0 saturated carbocycles. The first-order valence-corrected chi connectivity index (χ1v) is 6.36. The highest BCUT2D eigenvalue weighted by molar-refractivity contribution is 9.10. The molecule has 0 N–H and O–H groups in total. The Bertz CT molecular complexity index is 363. The number of benzene rings is 1. The summed E-state index contributed by atoms with van der Waals surface area (Å²) in [5, 5.41) is 0. The number of rotatable bonds is 6. The molecule has 0 aliphatic rings. The van der Waals surface area contributed by atoms with Gasteiger partial charge in [0.25, 0.3) is 6.43 Å². The molecule has 96 valence electrons. The van der Waals surface area contributed by atoms with Gasteiger partial charge in [-0.3, -0.25) is 4.90 Å². The molecule has 0 heterocycles. The van der Waals surface area contributed by atoms with Gasteiger partial charge in [0.2, 0.25) is 0 Å². The van der Waals surface area contributed by atoms with Crippen molar-refractivity contribution in [2.24, 2.45) is 0 Å². The van der Waals surface area contributed by atoms with Crippen molar-refractivity contribution in [3.63, 3.8) is 0 Å². The fraction of sp³-hybridized carbons (Fsp3) is 0.455. The van der Waals surface area contributed by atoms with Crippen molar-refractivity contribution in [1.82, 2.24) is 4.90 Å². The molecule has 0 atom stereocenters. The smallest absolute Gasteiger partial charge is 0.251 e. The van der Waals surface area contributed by atoms with E-state index in [1.54, 1.807) is 6.07 Å². The third kappa shape index (κ3) is 5.27. The van der Waals surface area contributed by atoms with Crippen LogP contribution >= 0.6 is 27.5 Å². The second-order valence-corrected chi connectivity index (χ2v) is 4.78. The highest BCUT2D eigenvalue weighted by atomic mass is 79.9. The van der Waals surface area contributed by atoms with Crippen molar-refractivity contribution >= 4 is 27.5 Å². The molecule has 1 rings (SSSR count). The Labute approximate surface area is 112 Å². The lowest BCUT2D eigenvalue weighted by molar-refractivity contribution is 0.0877. The summed E-state index contributed by atoms with van der Waals surface area (Å²) in [5.74, 6) is -0.0793. The van der Waals surface area contributed by atoms with Gasteiger partial charge in [0.1, 0.15) is 5.82 Å². The van der Waals surface area contributed by atoms with Crippen LogP contribution in [0.4, 0.5) is 13.2 Å². The van der Waals surface area contributed by atoms with Gasteiger partial charge in [-0.1, -0.05) is 22.0 Å². The Kier molecular flexibility index (Phi) is 6.30. The lowest BCUT2D eigenvalue weighted by Gasteiger charge is -2.21. The summed E-state index contributed by atoms with van der Waals surface area (Å²) in [4.78, 5) is 1.54. The molecule has 0 unspecified atom stereocenters. The van der Waals surface area contributed by atoms with Crippen LogP contribution in [0, 0.1) is 5.82 Å². The van der Waals surface area contributed by atoms with Crippen molar-refractivity contribution in [3.05, 3.63) is 34.1 Å². The van der Waals surface area contributed by atoms with Crippen LogP contribution < -0.4 is 0 Å². The molecular weight excluding hydrogens is 318 g/mol. The molecule has 17 heavy (non-hydrogen) atoms. The van der Waals surface area contributed by atoms with Gasteiger partial charge in [-0.05, 0) is 17.7 Å². The Morgan fingerprint density at radius 3 is 2.59 bits per heavy atom. The van der Waals surface area contributed by atoms with E-state index in [0.717, 1.165) is 5.56 Å². The van der Waals surface area contributed by atoms with E-state index in [4.69, 9.17) is 11.6 Å². The second kappa shape index (κ2) is 7.24. The van der Waals surface area contributed by atoms with Crippen molar-refractivity contribution in [2.75, 3.05) is 19.0 Å². The average molecular weight is 331 g/mol. The number of nitrogens with zero attached hydrogens (tertiary/aromatic N) is 1. The predicted molar refractivity (Wildman–Crippen MR) is 66.1 cm³/mol. The highest BCUT2D eigenvalue weighted by Crippen LogP contribution is 2.20. The predicted octanol–water partition coefficient (Wildman–Crippen LogP) is 3.89. The number of hydrogen-bond acceptors (Lipinski definition) is 1. The summed E-state index contributed by atoms with van der Waals surface area (Å²) in [6.07, 6.45) is -2.41. The molecule has 0 aliphatic carbocycles. The van der Waals surface area contributed by atoms with Crippen LogP contribution in [0.15, 0.2) is 22.7 Å². The minimum Gasteiger partial charge on any atom is -0.292 e. The number of alkyl halides is 3. The molecule has 1 aromatic rings. The van der Waals surface area contributed by atoms with Gasteiger partial charge in [-0.15, -0.1) is 11.6 Å². The molecular formula is C11H12BrClF3N. The van der Waals surface area contributed by atoms with E-state index < -0.39 is 6.43 Å². The van der Waals surface area contributed by atoms with Gasteiger partial charge in [0, 0.05) is 23.4 Å². The number of hydrogen-bond donors (Lipinski definition) is 0. The first kappa shape index (κ1) is 14.8. The van der Waals surface area contributed by atoms with Crippen LogP contribution in [0.3, 0.4) is 0 Å². The quantitative estimate of drug-likeness (QED) is 0.715. The van der Waals surface area contributed by atoms with Gasteiger partial charge in [0.15, 0.2) is 0 Å². The van der Waals surface area contributed by atoms with Crippen LogP contribution in [0.1, 0.15) is 5.56 Å². The molecule has 0 aromatic heterocycles. The summed E-state index contributed by atoms with van der Waals surface area (Å²) in [7, 11) is 0. The first-order valence-electron chi connectivity index (χ1n) is 5.03. The van der Waals surface area contributed by atoms with E-state index in [2.05, 4.69) is 15.9 Å². The van der Waals surface area contributed by atoms with Crippen molar-refractivity contribution in [3.8, 4) is 0 Å². The lowest BCUT2D eigenvalue weighted by Crippen LogP contribution is -2.30. The minimum atomic E-state index is -2.41. The summed E-state index contributed by atoms with van der Waals surface area (Å²) in [6, 6.07) is 4.20. The largest absolute Gasteiger partial charge is 0.292 e. The second-order valence-electron chi connectivity index (χ2n) is 3.55. The van der Waals surface area contributed by atoms with Crippen LogP contribution in [-0.4, -0.2) is 30.3 Å². The fourth-order valence-electron chi connectivity index (χ4n) is 1.44. The van der Waals surface area contributed by atoms with E-state index in [0.29, 0.717) is 17.6 Å². The maximum absolute atomic E-state index is 12.9. The summed E-state index contributed by atoms with van der Waals surface area (Å²) >= 11 is 8.76. The molecule has 0 amide bonds. The standard InChI is InChI=1S/C11H12BrClF3N/c12-10-5-9(14)2-1-8(10)6-17(4-3-13)7-11(15)16/h1-2,5,11H,3-4,6-7H2. The zero-order valence-electron chi connectivity index (χ0n) is 8.97. The SMILES string of the molecule is Fc1ccc(CN(CCCl)CC(F)F)c(Br)c1. The van der Waals surface area contributed by atoms with Crippen LogP contribution in [-0.2, 0) is 6.54 Å². The summed E-state index contributed by atoms with van der Waals surface area (Å²) in [5.41, 5.74) is 0.761. The molecule has 0 radical (unpaired) electrons. The fourth-order valence-corrected chi connectivity index (χ4v) is 2.16. The van der Waals surface area contributed by atoms with Gasteiger partial charge in [-0.25, -0.2) is 13.2 Å². The van der Waals surface area contributed by atoms with Crippen molar-refractivity contribution in [1.29, 1.82) is 0 Å². The topological polar surface area (TPSA) is 3.24 Å². The zero-order valence-corrected chi connectivity index (χ0v) is 11.3. The third-order valence-electron chi connectivity index (χ3n) is 2.21. The Morgan fingerprint density at radius 2 is 2.06 bits per heavy atom. The molecule has 0 saturated heterocycles. The van der Waals surface area contributed by atoms with Crippen LogP contribution in [0.25, 0.3) is 0 Å². The lowest BCUT2D eigenvalue weighted by atomic mass is 10.2. The highest BCUT2D eigenvalue weighted by Gasteiger charge is 2.13. The normalized spacial score (nSPS) is 11.5. The monoisotopic (exact) mass is 329 g/mol. The van der Waals surface area contributed by atoms with E-state index in [1.807, 2.05) is 0 Å².